The molecular formula is C10H15N3. The third kappa shape index (κ3) is 1.10. The van der Waals surface area contributed by atoms with Gasteiger partial charge in [0.2, 0.25) is 0 Å². The maximum atomic E-state index is 4.45. The van der Waals surface area contributed by atoms with Crippen molar-refractivity contribution in [2.75, 3.05) is 6.54 Å². The molecule has 1 saturated carbocycles. The molecule has 2 aliphatic rings. The topological polar surface area (TPSA) is 29.9 Å². The van der Waals surface area contributed by atoms with Gasteiger partial charge in [0.05, 0.1) is 12.0 Å². The molecule has 0 radical (unpaired) electrons. The Morgan fingerprint density at radius 1 is 1.62 bits per heavy atom. The molecule has 1 aromatic rings. The van der Waals surface area contributed by atoms with E-state index in [1.54, 1.807) is 0 Å². The summed E-state index contributed by atoms with van der Waals surface area (Å²) >= 11 is 0. The van der Waals surface area contributed by atoms with Crippen LogP contribution in [-0.2, 0) is 13.0 Å². The van der Waals surface area contributed by atoms with Gasteiger partial charge in [0.1, 0.15) is 0 Å². The maximum Gasteiger partial charge on any atom is 0.0954 e. The lowest BCUT2D eigenvalue weighted by molar-refractivity contribution is 0.581. The molecule has 2 atom stereocenters. The standard InChI is InChI=1S/C10H15N3/c1-7-4-10(7)13-6-12-8-5-11-3-2-9(8)13/h6-7,10-11H,2-5H2,1H3. The van der Waals surface area contributed by atoms with Gasteiger partial charge in [-0.05, 0) is 12.3 Å². The molecular weight excluding hydrogens is 162 g/mol. The lowest BCUT2D eigenvalue weighted by atomic mass is 10.2. The molecule has 2 heterocycles. The summed E-state index contributed by atoms with van der Waals surface area (Å²) in [4.78, 5) is 4.45. The number of imidazole rings is 1. The second kappa shape index (κ2) is 2.58. The summed E-state index contributed by atoms with van der Waals surface area (Å²) in [5, 5.41) is 3.35. The van der Waals surface area contributed by atoms with Crippen LogP contribution in [0.15, 0.2) is 6.33 Å². The number of nitrogens with zero attached hydrogens (tertiary/aromatic N) is 2. The zero-order valence-corrected chi connectivity index (χ0v) is 7.95. The molecule has 13 heavy (non-hydrogen) atoms. The van der Waals surface area contributed by atoms with E-state index in [4.69, 9.17) is 0 Å². The van der Waals surface area contributed by atoms with Crippen molar-refractivity contribution in [2.45, 2.75) is 32.4 Å². The Balaban J connectivity index is 1.97. The van der Waals surface area contributed by atoms with Gasteiger partial charge in [0, 0.05) is 31.2 Å². The summed E-state index contributed by atoms with van der Waals surface area (Å²) in [5.41, 5.74) is 2.75. The van der Waals surface area contributed by atoms with Crippen LogP contribution in [0.1, 0.15) is 30.8 Å². The fourth-order valence-corrected chi connectivity index (χ4v) is 2.24. The number of hydrogen-bond donors (Lipinski definition) is 1. The highest BCUT2D eigenvalue weighted by molar-refractivity contribution is 5.18. The van der Waals surface area contributed by atoms with Crippen LogP contribution in [0.4, 0.5) is 0 Å². The zero-order chi connectivity index (χ0) is 8.84. The summed E-state index contributed by atoms with van der Waals surface area (Å²) < 4.78 is 2.40. The van der Waals surface area contributed by atoms with Crippen molar-refractivity contribution in [3.05, 3.63) is 17.7 Å². The van der Waals surface area contributed by atoms with Crippen molar-refractivity contribution in [1.29, 1.82) is 0 Å². The molecule has 1 N–H and O–H groups in total. The first-order valence-corrected chi connectivity index (χ1v) is 5.11. The molecule has 1 aliphatic carbocycles. The molecule has 1 fully saturated rings. The highest BCUT2D eigenvalue weighted by Gasteiger charge is 2.36. The molecule has 1 aromatic heterocycles. The number of aromatic nitrogens is 2. The van der Waals surface area contributed by atoms with E-state index in [2.05, 4.69) is 21.8 Å². The minimum Gasteiger partial charge on any atom is -0.331 e. The summed E-state index contributed by atoms with van der Waals surface area (Å²) in [5.74, 6) is 0.869. The van der Waals surface area contributed by atoms with E-state index in [9.17, 15) is 0 Å². The highest BCUT2D eigenvalue weighted by Crippen LogP contribution is 2.43. The third-order valence-corrected chi connectivity index (χ3v) is 3.24. The second-order valence-corrected chi connectivity index (χ2v) is 4.25. The van der Waals surface area contributed by atoms with Crippen LogP contribution in [0.5, 0.6) is 0 Å². The van der Waals surface area contributed by atoms with Gasteiger partial charge in [-0.25, -0.2) is 4.98 Å². The lowest BCUT2D eigenvalue weighted by Gasteiger charge is -2.14. The predicted molar refractivity (Wildman–Crippen MR) is 50.5 cm³/mol. The molecule has 3 nitrogen and oxygen atoms in total. The van der Waals surface area contributed by atoms with Gasteiger partial charge >= 0.3 is 0 Å². The quantitative estimate of drug-likeness (QED) is 0.696. The van der Waals surface area contributed by atoms with Crippen molar-refractivity contribution in [3.63, 3.8) is 0 Å². The van der Waals surface area contributed by atoms with Gasteiger partial charge in [0.15, 0.2) is 0 Å². The van der Waals surface area contributed by atoms with Crippen LogP contribution in [0, 0.1) is 5.92 Å². The first-order chi connectivity index (χ1) is 6.36. The smallest absolute Gasteiger partial charge is 0.0954 e. The van der Waals surface area contributed by atoms with Crippen LogP contribution in [-0.4, -0.2) is 16.1 Å². The molecule has 0 spiro atoms. The third-order valence-electron chi connectivity index (χ3n) is 3.24. The van der Waals surface area contributed by atoms with Crippen molar-refractivity contribution in [1.82, 2.24) is 14.9 Å². The van der Waals surface area contributed by atoms with Crippen molar-refractivity contribution in [3.8, 4) is 0 Å². The maximum absolute atomic E-state index is 4.45. The average molecular weight is 177 g/mol. The zero-order valence-electron chi connectivity index (χ0n) is 7.95. The Kier molecular flexibility index (Phi) is 1.50. The van der Waals surface area contributed by atoms with Crippen LogP contribution < -0.4 is 5.32 Å². The molecule has 2 unspecified atom stereocenters. The molecule has 0 bridgehead atoms. The fraction of sp³-hybridized carbons (Fsp3) is 0.700. The minimum absolute atomic E-state index is 0.759. The van der Waals surface area contributed by atoms with E-state index >= 15 is 0 Å². The molecule has 0 aromatic carbocycles. The molecule has 1 aliphatic heterocycles. The fourth-order valence-electron chi connectivity index (χ4n) is 2.24. The summed E-state index contributed by atoms with van der Waals surface area (Å²) in [6, 6.07) is 0.759. The van der Waals surface area contributed by atoms with Gasteiger partial charge < -0.3 is 9.88 Å². The Morgan fingerprint density at radius 3 is 3.23 bits per heavy atom. The molecule has 70 valence electrons. The van der Waals surface area contributed by atoms with Crippen molar-refractivity contribution < 1.29 is 0 Å². The first kappa shape index (κ1) is 7.56. The van der Waals surface area contributed by atoms with Crippen molar-refractivity contribution >= 4 is 0 Å². The van der Waals surface area contributed by atoms with Crippen LogP contribution in [0.3, 0.4) is 0 Å². The first-order valence-electron chi connectivity index (χ1n) is 5.11. The average Bonchev–Trinajstić information content (AvgIpc) is 2.74. The lowest BCUT2D eigenvalue weighted by Crippen LogP contribution is -2.24. The molecule has 3 rings (SSSR count). The van der Waals surface area contributed by atoms with E-state index < -0.39 is 0 Å². The van der Waals surface area contributed by atoms with Gasteiger partial charge in [0.25, 0.3) is 0 Å². The molecule has 0 saturated heterocycles. The number of nitrogens with one attached hydrogen (secondary N) is 1. The van der Waals surface area contributed by atoms with Crippen LogP contribution in [0.2, 0.25) is 0 Å². The summed E-state index contributed by atoms with van der Waals surface area (Å²) in [7, 11) is 0. The van der Waals surface area contributed by atoms with Gasteiger partial charge in [-0.1, -0.05) is 6.92 Å². The summed E-state index contributed by atoms with van der Waals surface area (Å²) in [6.07, 6.45) is 4.53. The Bertz CT molecular complexity index is 329. The molecule has 3 heteroatoms. The second-order valence-electron chi connectivity index (χ2n) is 4.25. The van der Waals surface area contributed by atoms with E-state index in [1.807, 2.05) is 6.33 Å². The van der Waals surface area contributed by atoms with Gasteiger partial charge in [-0.15, -0.1) is 0 Å². The van der Waals surface area contributed by atoms with E-state index in [-0.39, 0.29) is 0 Å². The SMILES string of the molecule is CC1CC1n1cnc2c1CCNC2. The normalized spacial score (nSPS) is 31.5. The van der Waals surface area contributed by atoms with E-state index in [1.165, 1.54) is 17.8 Å². The Labute approximate surface area is 78.2 Å². The minimum atomic E-state index is 0.759. The van der Waals surface area contributed by atoms with E-state index in [0.29, 0.717) is 0 Å². The highest BCUT2D eigenvalue weighted by atomic mass is 15.1. The number of fused-ring (bicyclic) bond motifs is 1. The number of hydrogen-bond acceptors (Lipinski definition) is 2. The van der Waals surface area contributed by atoms with Crippen LogP contribution in [0.25, 0.3) is 0 Å². The monoisotopic (exact) mass is 177 g/mol. The Morgan fingerprint density at radius 2 is 2.46 bits per heavy atom. The van der Waals surface area contributed by atoms with Crippen LogP contribution >= 0.6 is 0 Å². The van der Waals surface area contributed by atoms with E-state index in [0.717, 1.165) is 31.5 Å². The van der Waals surface area contributed by atoms with Gasteiger partial charge in [-0.2, -0.15) is 0 Å². The Hall–Kier alpha value is -0.830. The predicted octanol–water partition coefficient (Wildman–Crippen LogP) is 1.11. The molecule has 0 amide bonds. The summed E-state index contributed by atoms with van der Waals surface area (Å²) in [6.45, 7) is 4.39. The van der Waals surface area contributed by atoms with Crippen molar-refractivity contribution in [2.24, 2.45) is 5.92 Å². The number of rotatable bonds is 1. The largest absolute Gasteiger partial charge is 0.331 e. The van der Waals surface area contributed by atoms with Gasteiger partial charge in [-0.3, -0.25) is 0 Å².